The lowest BCUT2D eigenvalue weighted by Crippen LogP contribution is -2.00. The third-order valence-corrected chi connectivity index (χ3v) is 5.49. The summed E-state index contributed by atoms with van der Waals surface area (Å²) in [7, 11) is -1.68. The molecule has 0 saturated heterocycles. The van der Waals surface area contributed by atoms with Gasteiger partial charge in [-0.1, -0.05) is 23.2 Å². The number of methoxy groups -OCH3 is 1. The summed E-state index contributed by atoms with van der Waals surface area (Å²) in [5.41, 5.74) is 1.45. The highest BCUT2D eigenvalue weighted by Crippen LogP contribution is 2.33. The molecule has 2 aromatic carbocycles. The summed E-state index contributed by atoms with van der Waals surface area (Å²) >= 11 is 12.4. The molecule has 1 heterocycles. The zero-order valence-electron chi connectivity index (χ0n) is 13.4. The molecule has 8 heteroatoms. The van der Waals surface area contributed by atoms with E-state index in [2.05, 4.69) is 4.98 Å². The number of imidazole rings is 1. The quantitative estimate of drug-likeness (QED) is 0.660. The van der Waals surface area contributed by atoms with Gasteiger partial charge in [0.05, 0.1) is 12.0 Å². The van der Waals surface area contributed by atoms with E-state index in [0.29, 0.717) is 11.5 Å². The highest BCUT2D eigenvalue weighted by Gasteiger charge is 2.18. The van der Waals surface area contributed by atoms with Crippen molar-refractivity contribution in [3.8, 4) is 22.8 Å². The molecule has 0 radical (unpaired) electrons. The van der Waals surface area contributed by atoms with Gasteiger partial charge in [0.25, 0.3) is 0 Å². The average molecular weight is 397 g/mol. The van der Waals surface area contributed by atoms with Crippen molar-refractivity contribution in [2.75, 3.05) is 13.4 Å². The molecule has 0 bridgehead atoms. The summed E-state index contributed by atoms with van der Waals surface area (Å²) in [6.07, 6.45) is 1.16. The van der Waals surface area contributed by atoms with E-state index in [1.165, 1.54) is 12.1 Å². The number of rotatable bonds is 4. The molecule has 25 heavy (non-hydrogen) atoms. The number of hydrogen-bond acceptors (Lipinski definition) is 4. The van der Waals surface area contributed by atoms with Gasteiger partial charge in [0.15, 0.2) is 20.1 Å². The van der Waals surface area contributed by atoms with Crippen molar-refractivity contribution in [3.05, 3.63) is 58.8 Å². The maximum atomic E-state index is 11.6. The Labute approximate surface area is 155 Å². The van der Waals surface area contributed by atoms with Gasteiger partial charge >= 0.3 is 0 Å². The third-order valence-electron chi connectivity index (χ3n) is 3.65. The molecule has 3 rings (SSSR count). The van der Waals surface area contributed by atoms with E-state index in [0.717, 1.165) is 17.6 Å². The summed E-state index contributed by atoms with van der Waals surface area (Å²) in [6, 6.07) is 13.7. The lowest BCUT2D eigenvalue weighted by atomic mass is 10.2. The molecular formula is C17H14Cl2N2O3S. The van der Waals surface area contributed by atoms with Gasteiger partial charge in [-0.25, -0.2) is 13.4 Å². The van der Waals surface area contributed by atoms with Gasteiger partial charge in [0.2, 0.25) is 0 Å². The topological polar surface area (TPSA) is 61.2 Å². The zero-order valence-corrected chi connectivity index (χ0v) is 15.7. The van der Waals surface area contributed by atoms with Crippen LogP contribution in [0.5, 0.6) is 5.75 Å². The molecule has 0 saturated carbocycles. The number of hydrogen-bond donors (Lipinski definition) is 0. The van der Waals surface area contributed by atoms with Gasteiger partial charge in [-0.05, 0) is 48.5 Å². The molecule has 0 atom stereocenters. The molecule has 0 aliphatic rings. The Morgan fingerprint density at radius 2 is 1.60 bits per heavy atom. The number of halogens is 2. The van der Waals surface area contributed by atoms with Crippen molar-refractivity contribution < 1.29 is 13.2 Å². The first-order valence-corrected chi connectivity index (χ1v) is 9.84. The summed E-state index contributed by atoms with van der Waals surface area (Å²) in [5.74, 6) is 1.27. The molecule has 0 fully saturated rings. The Kier molecular flexibility index (Phi) is 4.77. The number of ether oxygens (including phenoxy) is 1. The second kappa shape index (κ2) is 6.71. The van der Waals surface area contributed by atoms with E-state index < -0.39 is 9.84 Å². The molecule has 3 aromatic rings. The van der Waals surface area contributed by atoms with Gasteiger partial charge in [0.1, 0.15) is 11.6 Å². The van der Waals surface area contributed by atoms with E-state index >= 15 is 0 Å². The molecule has 1 aromatic heterocycles. The number of aromatic nitrogens is 2. The Morgan fingerprint density at radius 3 is 2.12 bits per heavy atom. The van der Waals surface area contributed by atoms with Crippen LogP contribution in [0.15, 0.2) is 53.4 Å². The monoisotopic (exact) mass is 396 g/mol. The van der Waals surface area contributed by atoms with Crippen molar-refractivity contribution in [3.63, 3.8) is 0 Å². The molecule has 0 aliphatic carbocycles. The van der Waals surface area contributed by atoms with E-state index in [-0.39, 0.29) is 15.2 Å². The summed E-state index contributed by atoms with van der Waals surface area (Å²) < 4.78 is 30.1. The average Bonchev–Trinajstić information content (AvgIpc) is 2.89. The van der Waals surface area contributed by atoms with Crippen LogP contribution in [0.25, 0.3) is 17.1 Å². The minimum absolute atomic E-state index is 0.166. The predicted molar refractivity (Wildman–Crippen MR) is 98.7 cm³/mol. The molecule has 0 amide bonds. The Hall–Kier alpha value is -2.02. The van der Waals surface area contributed by atoms with E-state index in [4.69, 9.17) is 27.9 Å². The minimum atomic E-state index is -3.27. The van der Waals surface area contributed by atoms with Crippen LogP contribution in [0.3, 0.4) is 0 Å². The number of sulfone groups is 1. The zero-order chi connectivity index (χ0) is 18.2. The van der Waals surface area contributed by atoms with Crippen LogP contribution < -0.4 is 4.74 Å². The van der Waals surface area contributed by atoms with Crippen molar-refractivity contribution in [2.24, 2.45) is 0 Å². The Balaban J connectivity index is 2.12. The van der Waals surface area contributed by atoms with Gasteiger partial charge in [-0.15, -0.1) is 0 Å². The lowest BCUT2D eigenvalue weighted by molar-refractivity contribution is 0.415. The van der Waals surface area contributed by atoms with E-state index in [9.17, 15) is 8.42 Å². The molecular weight excluding hydrogens is 383 g/mol. The van der Waals surface area contributed by atoms with Crippen molar-refractivity contribution >= 4 is 33.0 Å². The molecule has 0 unspecified atom stereocenters. The maximum absolute atomic E-state index is 11.6. The van der Waals surface area contributed by atoms with Crippen LogP contribution in [-0.2, 0) is 9.84 Å². The smallest absolute Gasteiger partial charge is 0.175 e. The number of benzene rings is 2. The summed E-state index contributed by atoms with van der Waals surface area (Å²) in [5, 5.41) is 0.416. The standard InChI is InChI=1S/C17H14Cl2N2O3S/c1-24-13-7-3-11(4-8-13)17-20-15(18)16(19)21(17)12-5-9-14(10-6-12)25(2,22)23/h3-10H,1-2H3. The summed E-state index contributed by atoms with van der Waals surface area (Å²) in [4.78, 5) is 4.55. The minimum Gasteiger partial charge on any atom is -0.497 e. The lowest BCUT2D eigenvalue weighted by Gasteiger charge is -2.10. The molecule has 130 valence electrons. The van der Waals surface area contributed by atoms with Gasteiger partial charge < -0.3 is 4.74 Å². The fourth-order valence-electron chi connectivity index (χ4n) is 2.39. The van der Waals surface area contributed by atoms with Crippen LogP contribution in [-0.4, -0.2) is 31.3 Å². The van der Waals surface area contributed by atoms with Gasteiger partial charge in [-0.3, -0.25) is 4.57 Å². The largest absolute Gasteiger partial charge is 0.497 e. The van der Waals surface area contributed by atoms with Crippen molar-refractivity contribution in [1.82, 2.24) is 9.55 Å². The van der Waals surface area contributed by atoms with Crippen LogP contribution in [0, 0.1) is 0 Å². The van der Waals surface area contributed by atoms with Gasteiger partial charge in [-0.2, -0.15) is 0 Å². The normalized spacial score (nSPS) is 11.5. The first-order chi connectivity index (χ1) is 11.8. The maximum Gasteiger partial charge on any atom is 0.175 e. The van der Waals surface area contributed by atoms with Crippen LogP contribution in [0.2, 0.25) is 10.3 Å². The molecule has 0 aliphatic heterocycles. The second-order valence-electron chi connectivity index (χ2n) is 5.35. The highest BCUT2D eigenvalue weighted by molar-refractivity contribution is 7.90. The Bertz CT molecular complexity index is 1010. The first-order valence-electron chi connectivity index (χ1n) is 7.20. The van der Waals surface area contributed by atoms with E-state index in [1.54, 1.807) is 23.8 Å². The Morgan fingerprint density at radius 1 is 1.00 bits per heavy atom. The predicted octanol–water partition coefficient (Wildman–Crippen LogP) is 4.26. The number of nitrogens with zero attached hydrogens (tertiary/aromatic N) is 2. The van der Waals surface area contributed by atoms with Crippen LogP contribution in [0.1, 0.15) is 0 Å². The fourth-order valence-corrected chi connectivity index (χ4v) is 3.40. The summed E-state index contributed by atoms with van der Waals surface area (Å²) in [6.45, 7) is 0. The van der Waals surface area contributed by atoms with E-state index in [1.807, 2.05) is 24.3 Å². The molecule has 0 N–H and O–H groups in total. The third kappa shape index (κ3) is 3.51. The second-order valence-corrected chi connectivity index (χ2v) is 8.08. The van der Waals surface area contributed by atoms with Gasteiger partial charge in [0, 0.05) is 17.5 Å². The van der Waals surface area contributed by atoms with Crippen molar-refractivity contribution in [2.45, 2.75) is 4.90 Å². The fraction of sp³-hybridized carbons (Fsp3) is 0.118. The first kappa shape index (κ1) is 17.8. The molecule has 5 nitrogen and oxygen atoms in total. The SMILES string of the molecule is COc1ccc(-c2nc(Cl)c(Cl)n2-c2ccc(S(C)(=O)=O)cc2)cc1. The van der Waals surface area contributed by atoms with Crippen LogP contribution >= 0.6 is 23.2 Å². The van der Waals surface area contributed by atoms with Crippen LogP contribution in [0.4, 0.5) is 0 Å². The highest BCUT2D eigenvalue weighted by atomic mass is 35.5. The molecule has 0 spiro atoms. The van der Waals surface area contributed by atoms with Crippen molar-refractivity contribution in [1.29, 1.82) is 0 Å².